The number of aromatic nitrogens is 1. The third-order valence-electron chi connectivity index (χ3n) is 2.96. The van der Waals surface area contributed by atoms with Crippen molar-refractivity contribution in [3.05, 3.63) is 34.7 Å². The first-order valence-corrected chi connectivity index (χ1v) is 6.48. The first kappa shape index (κ1) is 11.6. The molecule has 2 aromatic rings. The van der Waals surface area contributed by atoms with E-state index in [1.807, 2.05) is 0 Å². The second-order valence-electron chi connectivity index (χ2n) is 4.45. The number of pyridine rings is 1. The van der Waals surface area contributed by atoms with Gasteiger partial charge in [-0.3, -0.25) is 4.79 Å². The SMILES string of the molecule is O=C(Nc1cc2cc(Br)c(F)cc2cn1)C1CC1. The Morgan fingerprint density at radius 2 is 2.11 bits per heavy atom. The molecule has 1 aromatic heterocycles. The third-order valence-corrected chi connectivity index (χ3v) is 3.57. The van der Waals surface area contributed by atoms with Crippen LogP contribution in [0.2, 0.25) is 0 Å². The summed E-state index contributed by atoms with van der Waals surface area (Å²) in [7, 11) is 0. The highest BCUT2D eigenvalue weighted by Gasteiger charge is 2.29. The Morgan fingerprint density at radius 1 is 1.33 bits per heavy atom. The van der Waals surface area contributed by atoms with Gasteiger partial charge < -0.3 is 5.32 Å². The van der Waals surface area contributed by atoms with Gasteiger partial charge in [-0.05, 0) is 52.4 Å². The topological polar surface area (TPSA) is 42.0 Å². The summed E-state index contributed by atoms with van der Waals surface area (Å²) in [6.07, 6.45) is 3.47. The van der Waals surface area contributed by atoms with E-state index in [9.17, 15) is 9.18 Å². The minimum atomic E-state index is -0.320. The summed E-state index contributed by atoms with van der Waals surface area (Å²) < 4.78 is 13.7. The van der Waals surface area contributed by atoms with Crippen molar-refractivity contribution in [3.63, 3.8) is 0 Å². The summed E-state index contributed by atoms with van der Waals surface area (Å²) in [6, 6.07) is 4.85. The van der Waals surface area contributed by atoms with Gasteiger partial charge in [0.25, 0.3) is 0 Å². The lowest BCUT2D eigenvalue weighted by atomic mass is 10.2. The Hall–Kier alpha value is -1.49. The number of anilines is 1. The first-order valence-electron chi connectivity index (χ1n) is 5.69. The zero-order valence-electron chi connectivity index (χ0n) is 9.41. The van der Waals surface area contributed by atoms with Crippen LogP contribution in [0.3, 0.4) is 0 Å². The summed E-state index contributed by atoms with van der Waals surface area (Å²) in [4.78, 5) is 15.7. The highest BCUT2D eigenvalue weighted by atomic mass is 79.9. The Balaban J connectivity index is 1.94. The normalized spacial score (nSPS) is 14.8. The molecule has 1 heterocycles. The van der Waals surface area contributed by atoms with Crippen molar-refractivity contribution in [2.45, 2.75) is 12.8 Å². The number of benzene rings is 1. The third kappa shape index (κ3) is 2.22. The van der Waals surface area contributed by atoms with Crippen LogP contribution in [0.4, 0.5) is 10.2 Å². The van der Waals surface area contributed by atoms with E-state index in [1.165, 1.54) is 6.07 Å². The van der Waals surface area contributed by atoms with Crippen LogP contribution in [-0.4, -0.2) is 10.9 Å². The number of rotatable bonds is 2. The predicted octanol–water partition coefficient (Wildman–Crippen LogP) is 3.48. The number of nitrogens with one attached hydrogen (secondary N) is 1. The fourth-order valence-corrected chi connectivity index (χ4v) is 2.14. The quantitative estimate of drug-likeness (QED) is 0.923. The van der Waals surface area contributed by atoms with Gasteiger partial charge in [0.05, 0.1) is 4.47 Å². The van der Waals surface area contributed by atoms with E-state index in [1.54, 1.807) is 18.3 Å². The van der Waals surface area contributed by atoms with Crippen molar-refractivity contribution < 1.29 is 9.18 Å². The number of carbonyl (C=O) groups is 1. The highest BCUT2D eigenvalue weighted by molar-refractivity contribution is 9.10. The standard InChI is InChI=1S/C13H10BrFN2O/c14-10-3-8-5-12(17-13(18)7-1-2-7)16-6-9(8)4-11(10)15/h3-7H,1-2H2,(H,16,17,18). The molecule has 0 atom stereocenters. The number of fused-ring (bicyclic) bond motifs is 1. The summed E-state index contributed by atoms with van der Waals surface area (Å²) in [5.41, 5.74) is 0. The molecule has 1 aromatic carbocycles. The molecule has 0 radical (unpaired) electrons. The monoisotopic (exact) mass is 308 g/mol. The Morgan fingerprint density at radius 3 is 2.83 bits per heavy atom. The Bertz CT molecular complexity index is 640. The van der Waals surface area contributed by atoms with Gasteiger partial charge in [-0.15, -0.1) is 0 Å². The van der Waals surface area contributed by atoms with Crippen LogP contribution >= 0.6 is 15.9 Å². The van der Waals surface area contributed by atoms with E-state index < -0.39 is 0 Å². The fraction of sp³-hybridized carbons (Fsp3) is 0.231. The molecule has 1 amide bonds. The van der Waals surface area contributed by atoms with Crippen LogP contribution in [-0.2, 0) is 4.79 Å². The predicted molar refractivity (Wildman–Crippen MR) is 70.8 cm³/mol. The van der Waals surface area contributed by atoms with Crippen LogP contribution < -0.4 is 5.32 Å². The molecule has 0 unspecified atom stereocenters. The van der Waals surface area contributed by atoms with E-state index in [-0.39, 0.29) is 17.6 Å². The lowest BCUT2D eigenvalue weighted by Gasteiger charge is -2.05. The number of hydrogen-bond acceptors (Lipinski definition) is 2. The summed E-state index contributed by atoms with van der Waals surface area (Å²) in [5, 5.41) is 4.32. The van der Waals surface area contributed by atoms with Gasteiger partial charge in [-0.25, -0.2) is 9.37 Å². The zero-order valence-corrected chi connectivity index (χ0v) is 11.0. The zero-order chi connectivity index (χ0) is 12.7. The van der Waals surface area contributed by atoms with Crippen LogP contribution in [0.25, 0.3) is 10.8 Å². The number of halogens is 2. The largest absolute Gasteiger partial charge is 0.310 e. The van der Waals surface area contributed by atoms with E-state index >= 15 is 0 Å². The van der Waals surface area contributed by atoms with E-state index in [0.29, 0.717) is 15.7 Å². The maximum Gasteiger partial charge on any atom is 0.228 e. The number of hydrogen-bond donors (Lipinski definition) is 1. The van der Waals surface area contributed by atoms with Gasteiger partial charge >= 0.3 is 0 Å². The van der Waals surface area contributed by atoms with Crippen molar-refractivity contribution >= 4 is 38.4 Å². The molecule has 92 valence electrons. The molecular weight excluding hydrogens is 299 g/mol. The lowest BCUT2D eigenvalue weighted by Crippen LogP contribution is -2.14. The molecule has 0 saturated heterocycles. The Labute approximate surface area is 112 Å². The van der Waals surface area contributed by atoms with Crippen LogP contribution in [0.1, 0.15) is 12.8 Å². The number of nitrogens with zero attached hydrogens (tertiary/aromatic N) is 1. The molecule has 1 N–H and O–H groups in total. The van der Waals surface area contributed by atoms with Gasteiger partial charge in [-0.2, -0.15) is 0 Å². The molecule has 3 nitrogen and oxygen atoms in total. The van der Waals surface area contributed by atoms with E-state index in [0.717, 1.165) is 18.2 Å². The van der Waals surface area contributed by atoms with Gasteiger partial charge in [0.1, 0.15) is 11.6 Å². The Kier molecular flexibility index (Phi) is 2.78. The number of amides is 1. The second-order valence-corrected chi connectivity index (χ2v) is 5.30. The van der Waals surface area contributed by atoms with Gasteiger partial charge in [0.15, 0.2) is 0 Å². The first-order chi connectivity index (χ1) is 8.63. The van der Waals surface area contributed by atoms with Crippen molar-refractivity contribution in [3.8, 4) is 0 Å². The van der Waals surface area contributed by atoms with E-state index in [2.05, 4.69) is 26.2 Å². The van der Waals surface area contributed by atoms with Crippen LogP contribution in [0.15, 0.2) is 28.9 Å². The van der Waals surface area contributed by atoms with Crippen molar-refractivity contribution in [1.82, 2.24) is 4.98 Å². The van der Waals surface area contributed by atoms with Crippen molar-refractivity contribution in [2.24, 2.45) is 5.92 Å². The molecule has 1 saturated carbocycles. The fourth-order valence-electron chi connectivity index (χ4n) is 1.78. The van der Waals surface area contributed by atoms with Crippen LogP contribution in [0.5, 0.6) is 0 Å². The lowest BCUT2D eigenvalue weighted by molar-refractivity contribution is -0.117. The average Bonchev–Trinajstić information content (AvgIpc) is 3.15. The molecule has 0 spiro atoms. The molecule has 18 heavy (non-hydrogen) atoms. The van der Waals surface area contributed by atoms with Gasteiger partial charge in [0, 0.05) is 17.5 Å². The summed E-state index contributed by atoms with van der Waals surface area (Å²) in [5.74, 6) is 0.349. The van der Waals surface area contributed by atoms with Crippen molar-refractivity contribution in [2.75, 3.05) is 5.32 Å². The van der Waals surface area contributed by atoms with E-state index in [4.69, 9.17) is 0 Å². The molecule has 3 rings (SSSR count). The smallest absolute Gasteiger partial charge is 0.228 e. The molecule has 0 bridgehead atoms. The van der Waals surface area contributed by atoms with Gasteiger partial charge in [0.2, 0.25) is 5.91 Å². The molecule has 5 heteroatoms. The molecule has 1 fully saturated rings. The second kappa shape index (κ2) is 4.31. The maximum atomic E-state index is 13.3. The average molecular weight is 309 g/mol. The number of carbonyl (C=O) groups excluding carboxylic acids is 1. The maximum absolute atomic E-state index is 13.3. The molecule has 1 aliphatic rings. The summed E-state index contributed by atoms with van der Waals surface area (Å²) >= 11 is 3.14. The molecular formula is C13H10BrFN2O. The van der Waals surface area contributed by atoms with Crippen LogP contribution in [0, 0.1) is 11.7 Å². The van der Waals surface area contributed by atoms with Gasteiger partial charge in [-0.1, -0.05) is 0 Å². The molecule has 0 aliphatic heterocycles. The summed E-state index contributed by atoms with van der Waals surface area (Å²) in [6.45, 7) is 0. The van der Waals surface area contributed by atoms with Crippen molar-refractivity contribution in [1.29, 1.82) is 0 Å². The molecule has 1 aliphatic carbocycles. The highest BCUT2D eigenvalue weighted by Crippen LogP contribution is 2.30. The minimum absolute atomic E-state index is 0.0167. The minimum Gasteiger partial charge on any atom is -0.310 e.